The Morgan fingerprint density at radius 1 is 0.939 bits per heavy atom. The van der Waals surface area contributed by atoms with Crippen LogP contribution in [0.25, 0.3) is 0 Å². The molecule has 1 aliphatic carbocycles. The molecule has 1 heterocycles. The van der Waals surface area contributed by atoms with Crippen LogP contribution < -0.4 is 10.6 Å². The van der Waals surface area contributed by atoms with E-state index in [0.717, 1.165) is 41.9 Å². The van der Waals surface area contributed by atoms with E-state index < -0.39 is 0 Å². The summed E-state index contributed by atoms with van der Waals surface area (Å²) in [7, 11) is 0. The van der Waals surface area contributed by atoms with Crippen molar-refractivity contribution in [2.24, 2.45) is 0 Å². The average Bonchev–Trinajstić information content (AvgIpc) is 2.82. The van der Waals surface area contributed by atoms with Gasteiger partial charge in [0.05, 0.1) is 0 Å². The number of ketones is 1. The van der Waals surface area contributed by atoms with Gasteiger partial charge in [0, 0.05) is 41.5 Å². The highest BCUT2D eigenvalue weighted by molar-refractivity contribution is 6.00. The Balaban J connectivity index is 1.38. The summed E-state index contributed by atoms with van der Waals surface area (Å²) in [5, 5.41) is 6.24. The smallest absolute Gasteiger partial charge is 0.224 e. The van der Waals surface area contributed by atoms with Crippen molar-refractivity contribution in [2.45, 2.75) is 58.8 Å². The molecule has 1 amide bonds. The Kier molecular flexibility index (Phi) is 7.13. The Labute approximate surface area is 194 Å². The Morgan fingerprint density at radius 3 is 2.55 bits per heavy atom. The first-order valence-corrected chi connectivity index (χ1v) is 11.7. The van der Waals surface area contributed by atoms with Gasteiger partial charge >= 0.3 is 0 Å². The standard InChI is InChI=1S/C27H30N4O2/c1-3-19-10-11-23(30-26-14-18(2)28-17-29-26)16-24(19)31-27(33)13-12-25(32)22-9-8-20-6-4-5-7-21(20)15-22/h8-11,14-17H,3-7,12-13H2,1-2H3,(H,31,33)(H,28,29,30). The molecule has 1 aromatic heterocycles. The van der Waals surface area contributed by atoms with Crippen molar-refractivity contribution < 1.29 is 9.59 Å². The summed E-state index contributed by atoms with van der Waals surface area (Å²) in [5.41, 5.74) is 6.83. The molecule has 0 saturated heterocycles. The van der Waals surface area contributed by atoms with Crippen LogP contribution in [0.1, 0.15) is 65.3 Å². The number of aryl methyl sites for hydroxylation is 4. The van der Waals surface area contributed by atoms with E-state index in [2.05, 4.69) is 26.7 Å². The summed E-state index contributed by atoms with van der Waals surface area (Å²) in [4.78, 5) is 33.7. The van der Waals surface area contributed by atoms with E-state index >= 15 is 0 Å². The molecule has 0 fully saturated rings. The predicted molar refractivity (Wildman–Crippen MR) is 131 cm³/mol. The van der Waals surface area contributed by atoms with Crippen LogP contribution in [0.4, 0.5) is 17.2 Å². The zero-order valence-electron chi connectivity index (χ0n) is 19.3. The van der Waals surface area contributed by atoms with Crippen LogP contribution >= 0.6 is 0 Å². The van der Waals surface area contributed by atoms with Gasteiger partial charge in [0.2, 0.25) is 5.91 Å². The fourth-order valence-corrected chi connectivity index (χ4v) is 4.24. The van der Waals surface area contributed by atoms with Crippen LogP contribution in [0.2, 0.25) is 0 Å². The Morgan fingerprint density at radius 2 is 1.76 bits per heavy atom. The predicted octanol–water partition coefficient (Wildman–Crippen LogP) is 5.57. The number of amides is 1. The number of aromatic nitrogens is 2. The fourth-order valence-electron chi connectivity index (χ4n) is 4.24. The molecule has 0 unspecified atom stereocenters. The van der Waals surface area contributed by atoms with Gasteiger partial charge in [0.15, 0.2) is 5.78 Å². The molecule has 6 nitrogen and oxygen atoms in total. The van der Waals surface area contributed by atoms with Crippen LogP contribution in [0, 0.1) is 6.92 Å². The zero-order chi connectivity index (χ0) is 23.2. The molecule has 3 aromatic rings. The molecule has 1 aliphatic rings. The number of anilines is 3. The van der Waals surface area contributed by atoms with Gasteiger partial charge in [0.25, 0.3) is 0 Å². The summed E-state index contributed by atoms with van der Waals surface area (Å²) in [6.07, 6.45) is 7.18. The minimum atomic E-state index is -0.161. The molecular formula is C27H30N4O2. The van der Waals surface area contributed by atoms with Crippen molar-refractivity contribution in [3.05, 3.63) is 76.7 Å². The highest BCUT2D eigenvalue weighted by Crippen LogP contribution is 2.25. The number of Topliss-reactive ketones (excluding diaryl/α,β-unsaturated/α-hetero) is 1. The van der Waals surface area contributed by atoms with E-state index in [1.54, 1.807) is 0 Å². The second-order valence-corrected chi connectivity index (χ2v) is 8.56. The van der Waals surface area contributed by atoms with E-state index in [1.807, 2.05) is 50.2 Å². The third-order valence-electron chi connectivity index (χ3n) is 6.09. The number of hydrogen-bond acceptors (Lipinski definition) is 5. The van der Waals surface area contributed by atoms with Gasteiger partial charge in [-0.1, -0.05) is 25.1 Å². The molecular weight excluding hydrogens is 412 g/mol. The van der Waals surface area contributed by atoms with Crippen molar-refractivity contribution in [3.8, 4) is 0 Å². The lowest BCUT2D eigenvalue weighted by Crippen LogP contribution is -2.15. The normalized spacial score (nSPS) is 12.7. The summed E-state index contributed by atoms with van der Waals surface area (Å²) < 4.78 is 0. The maximum atomic E-state index is 12.7. The molecule has 0 bridgehead atoms. The van der Waals surface area contributed by atoms with Crippen molar-refractivity contribution in [3.63, 3.8) is 0 Å². The Hall–Kier alpha value is -3.54. The van der Waals surface area contributed by atoms with E-state index in [0.29, 0.717) is 11.4 Å². The maximum absolute atomic E-state index is 12.7. The molecule has 0 atom stereocenters. The number of benzene rings is 2. The number of carbonyl (C=O) groups is 2. The summed E-state index contributed by atoms with van der Waals surface area (Å²) in [6, 6.07) is 13.7. The molecule has 0 radical (unpaired) electrons. The van der Waals surface area contributed by atoms with Crippen LogP contribution in [0.15, 0.2) is 48.8 Å². The number of fused-ring (bicyclic) bond motifs is 1. The number of carbonyl (C=O) groups excluding carboxylic acids is 2. The van der Waals surface area contributed by atoms with Crippen LogP contribution in [0.5, 0.6) is 0 Å². The highest BCUT2D eigenvalue weighted by atomic mass is 16.2. The third kappa shape index (κ3) is 5.83. The minimum Gasteiger partial charge on any atom is -0.340 e. The molecule has 6 heteroatoms. The minimum absolute atomic E-state index is 0.0174. The van der Waals surface area contributed by atoms with Gasteiger partial charge in [-0.2, -0.15) is 0 Å². The molecule has 2 aromatic carbocycles. The van der Waals surface area contributed by atoms with Gasteiger partial charge in [-0.25, -0.2) is 9.97 Å². The van der Waals surface area contributed by atoms with Crippen molar-refractivity contribution in [1.82, 2.24) is 9.97 Å². The second kappa shape index (κ2) is 10.4. The molecule has 2 N–H and O–H groups in total. The lowest BCUT2D eigenvalue weighted by Gasteiger charge is -2.16. The number of hydrogen-bond donors (Lipinski definition) is 2. The number of nitrogens with zero attached hydrogens (tertiary/aromatic N) is 2. The van der Waals surface area contributed by atoms with Crippen molar-refractivity contribution in [2.75, 3.05) is 10.6 Å². The van der Waals surface area contributed by atoms with Gasteiger partial charge in [-0.15, -0.1) is 0 Å². The monoisotopic (exact) mass is 442 g/mol. The molecule has 0 saturated carbocycles. The van der Waals surface area contributed by atoms with E-state index in [1.165, 1.54) is 30.3 Å². The van der Waals surface area contributed by atoms with Gasteiger partial charge in [-0.05, 0) is 73.9 Å². The van der Waals surface area contributed by atoms with Crippen LogP contribution in [-0.2, 0) is 24.1 Å². The molecule has 0 aliphatic heterocycles. The van der Waals surface area contributed by atoms with Gasteiger partial charge < -0.3 is 10.6 Å². The second-order valence-electron chi connectivity index (χ2n) is 8.56. The van der Waals surface area contributed by atoms with Crippen LogP contribution in [0.3, 0.4) is 0 Å². The van der Waals surface area contributed by atoms with E-state index in [-0.39, 0.29) is 24.5 Å². The average molecular weight is 443 g/mol. The molecule has 33 heavy (non-hydrogen) atoms. The van der Waals surface area contributed by atoms with E-state index in [4.69, 9.17) is 0 Å². The van der Waals surface area contributed by atoms with Gasteiger partial charge in [0.1, 0.15) is 12.1 Å². The SMILES string of the molecule is CCc1ccc(Nc2cc(C)ncn2)cc1NC(=O)CCC(=O)c1ccc2c(c1)CCCC2. The number of nitrogens with one attached hydrogen (secondary N) is 2. The lowest BCUT2D eigenvalue weighted by molar-refractivity contribution is -0.116. The van der Waals surface area contributed by atoms with E-state index in [9.17, 15) is 9.59 Å². The summed E-state index contributed by atoms with van der Waals surface area (Å²) in [5.74, 6) is 0.550. The van der Waals surface area contributed by atoms with Crippen LogP contribution in [-0.4, -0.2) is 21.7 Å². The van der Waals surface area contributed by atoms with Gasteiger partial charge in [-0.3, -0.25) is 9.59 Å². The first-order valence-electron chi connectivity index (χ1n) is 11.7. The quantitative estimate of drug-likeness (QED) is 0.446. The largest absolute Gasteiger partial charge is 0.340 e. The fraction of sp³-hybridized carbons (Fsp3) is 0.333. The topological polar surface area (TPSA) is 84.0 Å². The highest BCUT2D eigenvalue weighted by Gasteiger charge is 2.15. The molecule has 0 spiro atoms. The molecule has 4 rings (SSSR count). The maximum Gasteiger partial charge on any atom is 0.224 e. The Bertz CT molecular complexity index is 1170. The summed E-state index contributed by atoms with van der Waals surface area (Å²) in [6.45, 7) is 3.95. The molecule has 170 valence electrons. The summed E-state index contributed by atoms with van der Waals surface area (Å²) >= 11 is 0. The first-order chi connectivity index (χ1) is 16.0. The van der Waals surface area contributed by atoms with Crippen molar-refractivity contribution in [1.29, 1.82) is 0 Å². The zero-order valence-corrected chi connectivity index (χ0v) is 19.3. The lowest BCUT2D eigenvalue weighted by atomic mass is 9.89. The van der Waals surface area contributed by atoms with Crippen molar-refractivity contribution >= 4 is 28.9 Å². The number of rotatable bonds is 8. The first kappa shape index (κ1) is 22.6. The third-order valence-corrected chi connectivity index (χ3v) is 6.09.